The third-order valence-electron chi connectivity index (χ3n) is 4.31. The van der Waals surface area contributed by atoms with Crippen LogP contribution in [0.25, 0.3) is 11.0 Å². The van der Waals surface area contributed by atoms with E-state index in [1.807, 2.05) is 17.7 Å². The minimum Gasteiger partial charge on any atom is -0.330 e. The lowest BCUT2D eigenvalue weighted by Gasteiger charge is -2.16. The molecular formula is C15H15ClN4O2. The van der Waals surface area contributed by atoms with Gasteiger partial charge in [-0.2, -0.15) is 0 Å². The summed E-state index contributed by atoms with van der Waals surface area (Å²) in [6, 6.07) is 5.53. The Morgan fingerprint density at radius 1 is 1.32 bits per heavy atom. The molecule has 1 aliphatic heterocycles. The summed E-state index contributed by atoms with van der Waals surface area (Å²) in [5.41, 5.74) is 1.70. The Balaban J connectivity index is 1.64. The van der Waals surface area contributed by atoms with Crippen LogP contribution in [0.4, 0.5) is 4.79 Å². The van der Waals surface area contributed by atoms with Crippen LogP contribution in [0.1, 0.15) is 18.7 Å². The number of amides is 3. The first-order chi connectivity index (χ1) is 10.5. The monoisotopic (exact) mass is 318 g/mol. The van der Waals surface area contributed by atoms with Crippen LogP contribution >= 0.6 is 11.6 Å². The molecule has 1 saturated heterocycles. The van der Waals surface area contributed by atoms with Gasteiger partial charge in [-0.1, -0.05) is 11.6 Å². The lowest BCUT2D eigenvalue weighted by Crippen LogP contribution is -2.34. The summed E-state index contributed by atoms with van der Waals surface area (Å²) in [5, 5.41) is 0.616. The van der Waals surface area contributed by atoms with Crippen molar-refractivity contribution in [2.75, 3.05) is 6.54 Å². The molecule has 1 saturated carbocycles. The third-order valence-corrected chi connectivity index (χ3v) is 4.54. The Bertz CT molecular complexity index is 796. The largest absolute Gasteiger partial charge is 0.330 e. The van der Waals surface area contributed by atoms with Gasteiger partial charge >= 0.3 is 6.03 Å². The van der Waals surface area contributed by atoms with Gasteiger partial charge < -0.3 is 9.47 Å². The number of fused-ring (bicyclic) bond motifs is 1. The minimum atomic E-state index is -0.197. The zero-order chi connectivity index (χ0) is 15.4. The average Bonchev–Trinajstić information content (AvgIpc) is 3.22. The molecule has 6 nitrogen and oxygen atoms in total. The fourth-order valence-electron chi connectivity index (χ4n) is 2.89. The lowest BCUT2D eigenvalue weighted by atomic mass is 10.3. The fraction of sp³-hybridized carbons (Fsp3) is 0.400. The highest BCUT2D eigenvalue weighted by molar-refractivity contribution is 6.31. The predicted octanol–water partition coefficient (Wildman–Crippen LogP) is 2.15. The van der Waals surface area contributed by atoms with Crippen molar-refractivity contribution in [1.29, 1.82) is 0 Å². The Hall–Kier alpha value is -2.08. The highest BCUT2D eigenvalue weighted by Crippen LogP contribution is 2.31. The van der Waals surface area contributed by atoms with Gasteiger partial charge in [-0.15, -0.1) is 0 Å². The molecule has 7 heteroatoms. The van der Waals surface area contributed by atoms with E-state index in [1.165, 1.54) is 4.90 Å². The summed E-state index contributed by atoms with van der Waals surface area (Å²) >= 11 is 5.98. The van der Waals surface area contributed by atoms with Gasteiger partial charge in [-0.05, 0) is 31.0 Å². The molecule has 0 unspecified atom stereocenters. The number of nitrogens with zero attached hydrogens (tertiary/aromatic N) is 4. The smallest absolute Gasteiger partial charge is 0.327 e. The van der Waals surface area contributed by atoms with Gasteiger partial charge in [-0.3, -0.25) is 9.69 Å². The normalized spacial score (nSPS) is 18.8. The second-order valence-corrected chi connectivity index (χ2v) is 6.28. The van der Waals surface area contributed by atoms with Crippen molar-refractivity contribution in [2.45, 2.75) is 25.4 Å². The van der Waals surface area contributed by atoms with E-state index in [1.54, 1.807) is 17.0 Å². The second kappa shape index (κ2) is 4.71. The van der Waals surface area contributed by atoms with Gasteiger partial charge in [0.05, 0.1) is 17.6 Å². The molecule has 0 atom stereocenters. The number of hydrogen-bond donors (Lipinski definition) is 0. The van der Waals surface area contributed by atoms with Crippen LogP contribution < -0.4 is 0 Å². The summed E-state index contributed by atoms with van der Waals surface area (Å²) in [4.78, 5) is 31.9. The van der Waals surface area contributed by atoms with Crippen LogP contribution in [0.3, 0.4) is 0 Å². The SMILES string of the molecule is Cn1c(CN2C(=O)CN(C3CC3)C2=O)nc2cc(Cl)ccc21. The number of imidazole rings is 1. The standard InChI is InChI=1S/C15H15ClN4O2/c1-18-12-5-2-9(16)6-11(12)17-13(18)7-20-14(21)8-19(15(20)22)10-3-4-10/h2,5-6,10H,3-4,7-8H2,1H3. The summed E-state index contributed by atoms with van der Waals surface area (Å²) in [5.74, 6) is 0.526. The summed E-state index contributed by atoms with van der Waals surface area (Å²) < 4.78 is 1.89. The molecule has 3 amide bonds. The molecule has 0 bridgehead atoms. The van der Waals surface area contributed by atoms with Gasteiger partial charge in [0.25, 0.3) is 5.91 Å². The van der Waals surface area contributed by atoms with Crippen molar-refractivity contribution in [3.8, 4) is 0 Å². The van der Waals surface area contributed by atoms with E-state index in [2.05, 4.69) is 4.98 Å². The van der Waals surface area contributed by atoms with Crippen molar-refractivity contribution < 1.29 is 9.59 Å². The van der Waals surface area contributed by atoms with E-state index < -0.39 is 0 Å². The zero-order valence-electron chi connectivity index (χ0n) is 12.1. The second-order valence-electron chi connectivity index (χ2n) is 5.84. The van der Waals surface area contributed by atoms with Crippen LogP contribution in [0.2, 0.25) is 5.02 Å². The number of hydrogen-bond acceptors (Lipinski definition) is 3. The number of aromatic nitrogens is 2. The summed E-state index contributed by atoms with van der Waals surface area (Å²) in [7, 11) is 1.88. The maximum absolute atomic E-state index is 12.4. The highest BCUT2D eigenvalue weighted by Gasteiger charge is 2.43. The lowest BCUT2D eigenvalue weighted by molar-refractivity contribution is -0.125. The third kappa shape index (κ3) is 2.06. The molecule has 22 heavy (non-hydrogen) atoms. The van der Waals surface area contributed by atoms with E-state index in [-0.39, 0.29) is 31.1 Å². The van der Waals surface area contributed by atoms with Crippen molar-refractivity contribution in [1.82, 2.24) is 19.4 Å². The molecule has 114 valence electrons. The van der Waals surface area contributed by atoms with Crippen LogP contribution in [-0.2, 0) is 18.4 Å². The molecule has 2 aliphatic rings. The number of benzene rings is 1. The quantitative estimate of drug-likeness (QED) is 0.815. The predicted molar refractivity (Wildman–Crippen MR) is 81.4 cm³/mol. The molecule has 2 aromatic rings. The first kappa shape index (κ1) is 13.6. The fourth-order valence-corrected chi connectivity index (χ4v) is 3.06. The van der Waals surface area contributed by atoms with Crippen molar-refractivity contribution >= 4 is 34.6 Å². The molecule has 2 heterocycles. The number of urea groups is 1. The molecule has 1 aromatic carbocycles. The van der Waals surface area contributed by atoms with Gasteiger partial charge in [-0.25, -0.2) is 9.78 Å². The van der Waals surface area contributed by atoms with E-state index in [9.17, 15) is 9.59 Å². The first-order valence-electron chi connectivity index (χ1n) is 7.26. The molecule has 1 aliphatic carbocycles. The van der Waals surface area contributed by atoms with Crippen LogP contribution in [0.5, 0.6) is 0 Å². The molecule has 0 N–H and O–H groups in total. The summed E-state index contributed by atoms with van der Waals surface area (Å²) in [6.07, 6.45) is 2.00. The Kier molecular flexibility index (Phi) is 2.91. The minimum absolute atomic E-state index is 0.151. The molecular weight excluding hydrogens is 304 g/mol. The molecule has 2 fully saturated rings. The maximum atomic E-state index is 12.4. The zero-order valence-corrected chi connectivity index (χ0v) is 12.9. The van der Waals surface area contributed by atoms with Gasteiger partial charge in [0.15, 0.2) is 0 Å². The molecule has 1 aromatic heterocycles. The summed E-state index contributed by atoms with van der Waals surface area (Å²) in [6.45, 7) is 0.392. The number of aryl methyl sites for hydroxylation is 1. The number of rotatable bonds is 3. The van der Waals surface area contributed by atoms with Crippen LogP contribution in [-0.4, -0.2) is 43.9 Å². The van der Waals surface area contributed by atoms with Crippen LogP contribution in [0, 0.1) is 0 Å². The number of halogens is 1. The van der Waals surface area contributed by atoms with E-state index in [0.29, 0.717) is 10.8 Å². The van der Waals surface area contributed by atoms with E-state index in [0.717, 1.165) is 23.9 Å². The number of carbonyl (C=O) groups excluding carboxylic acids is 2. The van der Waals surface area contributed by atoms with Gasteiger partial charge in [0.1, 0.15) is 12.4 Å². The average molecular weight is 319 g/mol. The van der Waals surface area contributed by atoms with E-state index in [4.69, 9.17) is 11.6 Å². The Morgan fingerprint density at radius 3 is 2.82 bits per heavy atom. The van der Waals surface area contributed by atoms with Crippen molar-refractivity contribution in [2.24, 2.45) is 7.05 Å². The molecule has 4 rings (SSSR count). The van der Waals surface area contributed by atoms with E-state index >= 15 is 0 Å². The van der Waals surface area contributed by atoms with Crippen molar-refractivity contribution in [3.05, 3.63) is 29.0 Å². The first-order valence-corrected chi connectivity index (χ1v) is 7.64. The maximum Gasteiger partial charge on any atom is 0.327 e. The van der Waals surface area contributed by atoms with Gasteiger partial charge in [0, 0.05) is 18.1 Å². The Morgan fingerprint density at radius 2 is 2.09 bits per heavy atom. The number of carbonyl (C=O) groups is 2. The Labute approximate surface area is 132 Å². The molecule has 0 radical (unpaired) electrons. The van der Waals surface area contributed by atoms with Crippen LogP contribution in [0.15, 0.2) is 18.2 Å². The molecule has 0 spiro atoms. The topological polar surface area (TPSA) is 58.4 Å². The van der Waals surface area contributed by atoms with Gasteiger partial charge in [0.2, 0.25) is 0 Å². The highest BCUT2D eigenvalue weighted by atomic mass is 35.5. The number of imide groups is 1. The van der Waals surface area contributed by atoms with Crippen molar-refractivity contribution in [3.63, 3.8) is 0 Å².